The van der Waals surface area contributed by atoms with Crippen molar-refractivity contribution < 1.29 is 0 Å². The first kappa shape index (κ1) is 18.0. The average molecular weight is 316 g/mol. The van der Waals surface area contributed by atoms with E-state index in [-0.39, 0.29) is 5.41 Å². The Labute approximate surface area is 147 Å². The lowest BCUT2D eigenvalue weighted by Gasteiger charge is -2.32. The average Bonchev–Trinajstić information content (AvgIpc) is 2.62. The molecule has 0 radical (unpaired) electrons. The van der Waals surface area contributed by atoms with E-state index >= 15 is 0 Å². The highest BCUT2D eigenvalue weighted by Gasteiger charge is 2.28. The van der Waals surface area contributed by atoms with E-state index in [9.17, 15) is 0 Å². The summed E-state index contributed by atoms with van der Waals surface area (Å²) in [4.78, 5) is 0. The summed E-state index contributed by atoms with van der Waals surface area (Å²) in [6.45, 7) is 14.0. The molecule has 0 atom stereocenters. The van der Waals surface area contributed by atoms with Gasteiger partial charge in [0.1, 0.15) is 0 Å². The molecule has 0 saturated heterocycles. The minimum atomic E-state index is 0.0237. The van der Waals surface area contributed by atoms with Crippen LogP contribution in [-0.4, -0.2) is 0 Å². The van der Waals surface area contributed by atoms with E-state index in [1.54, 1.807) is 0 Å². The van der Waals surface area contributed by atoms with Crippen LogP contribution in [0.3, 0.4) is 0 Å². The van der Waals surface area contributed by atoms with E-state index in [0.717, 1.165) is 25.7 Å². The zero-order chi connectivity index (χ0) is 17.4. The largest absolute Gasteiger partial charge is 0.103 e. The maximum Gasteiger partial charge on any atom is 0.00560 e. The zero-order valence-corrected chi connectivity index (χ0v) is 14.8. The van der Waals surface area contributed by atoms with Gasteiger partial charge < -0.3 is 0 Å². The van der Waals surface area contributed by atoms with Crippen LogP contribution in [0.1, 0.15) is 37.3 Å². The monoisotopic (exact) mass is 316 g/mol. The normalized spacial score (nSPS) is 11.0. The van der Waals surface area contributed by atoms with Crippen LogP contribution in [0.15, 0.2) is 86.5 Å². The van der Waals surface area contributed by atoms with Gasteiger partial charge >= 0.3 is 0 Å². The summed E-state index contributed by atoms with van der Waals surface area (Å²) >= 11 is 0. The molecule has 0 aliphatic heterocycles. The van der Waals surface area contributed by atoms with Gasteiger partial charge in [-0.15, -0.1) is 19.7 Å². The predicted octanol–water partition coefficient (Wildman–Crippen LogP) is 6.88. The third-order valence-electron chi connectivity index (χ3n) is 4.80. The van der Waals surface area contributed by atoms with Gasteiger partial charge in [0.25, 0.3) is 0 Å². The SMILES string of the molecule is C=CCC(CC=C)(CC=C)c1ccc(-c2ccc(CC)cc2)cc1. The van der Waals surface area contributed by atoms with Crippen molar-refractivity contribution >= 4 is 0 Å². The Hall–Kier alpha value is -2.34. The second-order valence-electron chi connectivity index (χ2n) is 6.39. The van der Waals surface area contributed by atoms with Gasteiger partial charge in [-0.1, -0.05) is 73.7 Å². The number of benzene rings is 2. The molecule has 0 aliphatic carbocycles. The standard InChI is InChI=1S/C24H28/c1-5-17-24(18-6-2,19-7-3)23-15-13-22(14-16-23)21-11-9-20(8-4)10-12-21/h5-7,9-16H,1-3,8,17-19H2,4H3. The number of hydrogen-bond acceptors (Lipinski definition) is 0. The van der Waals surface area contributed by atoms with Gasteiger partial charge in [-0.3, -0.25) is 0 Å². The van der Waals surface area contributed by atoms with Crippen molar-refractivity contribution in [2.24, 2.45) is 0 Å². The van der Waals surface area contributed by atoms with Crippen LogP contribution in [0.2, 0.25) is 0 Å². The molecule has 0 heterocycles. The lowest BCUT2D eigenvalue weighted by atomic mass is 9.72. The summed E-state index contributed by atoms with van der Waals surface area (Å²) in [5, 5.41) is 0. The van der Waals surface area contributed by atoms with Gasteiger partial charge in [0, 0.05) is 5.41 Å². The number of rotatable bonds is 9. The van der Waals surface area contributed by atoms with E-state index in [1.807, 2.05) is 18.2 Å². The van der Waals surface area contributed by atoms with Gasteiger partial charge in [-0.25, -0.2) is 0 Å². The molecule has 0 aromatic heterocycles. The molecule has 24 heavy (non-hydrogen) atoms. The number of allylic oxidation sites excluding steroid dienone is 3. The molecule has 0 saturated carbocycles. The van der Waals surface area contributed by atoms with Crippen molar-refractivity contribution in [1.29, 1.82) is 0 Å². The molecule has 124 valence electrons. The molecule has 0 bridgehead atoms. The van der Waals surface area contributed by atoms with Crippen LogP contribution in [-0.2, 0) is 11.8 Å². The highest BCUT2D eigenvalue weighted by Crippen LogP contribution is 2.37. The smallest absolute Gasteiger partial charge is 0.00560 e. The van der Waals surface area contributed by atoms with E-state index in [1.165, 1.54) is 22.3 Å². The molecule has 0 fully saturated rings. The van der Waals surface area contributed by atoms with Crippen LogP contribution in [0.4, 0.5) is 0 Å². The third-order valence-corrected chi connectivity index (χ3v) is 4.80. The Balaban J connectivity index is 2.35. The molecule has 0 aliphatic rings. The molecule has 0 heteroatoms. The topological polar surface area (TPSA) is 0 Å². The predicted molar refractivity (Wildman–Crippen MR) is 107 cm³/mol. The van der Waals surface area contributed by atoms with Crippen LogP contribution in [0.5, 0.6) is 0 Å². The van der Waals surface area contributed by atoms with E-state index in [2.05, 4.69) is 75.2 Å². The maximum atomic E-state index is 3.95. The number of aryl methyl sites for hydroxylation is 1. The van der Waals surface area contributed by atoms with Crippen LogP contribution in [0.25, 0.3) is 11.1 Å². The van der Waals surface area contributed by atoms with Crippen molar-refractivity contribution in [2.75, 3.05) is 0 Å². The first-order valence-corrected chi connectivity index (χ1v) is 8.71. The Morgan fingerprint density at radius 2 is 1.12 bits per heavy atom. The van der Waals surface area contributed by atoms with E-state index < -0.39 is 0 Å². The van der Waals surface area contributed by atoms with E-state index in [4.69, 9.17) is 0 Å². The summed E-state index contributed by atoms with van der Waals surface area (Å²) in [6.07, 6.45) is 9.87. The summed E-state index contributed by atoms with van der Waals surface area (Å²) in [5.41, 5.74) is 5.25. The third kappa shape index (κ3) is 3.94. The molecule has 2 rings (SSSR count). The van der Waals surface area contributed by atoms with Crippen molar-refractivity contribution in [3.63, 3.8) is 0 Å². The summed E-state index contributed by atoms with van der Waals surface area (Å²) in [5.74, 6) is 0. The molecule has 0 unspecified atom stereocenters. The number of hydrogen-bond donors (Lipinski definition) is 0. The molecule has 0 amide bonds. The van der Waals surface area contributed by atoms with Crippen LogP contribution >= 0.6 is 0 Å². The first-order chi connectivity index (χ1) is 11.7. The van der Waals surface area contributed by atoms with E-state index in [0.29, 0.717) is 0 Å². The molecule has 0 spiro atoms. The van der Waals surface area contributed by atoms with Crippen molar-refractivity contribution in [3.8, 4) is 11.1 Å². The second kappa shape index (κ2) is 8.49. The fourth-order valence-electron chi connectivity index (χ4n) is 3.38. The molecular formula is C24H28. The van der Waals surface area contributed by atoms with Gasteiger partial charge in [-0.2, -0.15) is 0 Å². The highest BCUT2D eigenvalue weighted by atomic mass is 14.3. The fourth-order valence-corrected chi connectivity index (χ4v) is 3.38. The summed E-state index contributed by atoms with van der Waals surface area (Å²) in [6, 6.07) is 17.8. The fraction of sp³-hybridized carbons (Fsp3) is 0.250. The first-order valence-electron chi connectivity index (χ1n) is 8.71. The van der Waals surface area contributed by atoms with Crippen molar-refractivity contribution in [2.45, 2.75) is 38.0 Å². The zero-order valence-electron chi connectivity index (χ0n) is 14.8. The molecule has 0 nitrogen and oxygen atoms in total. The molecular weight excluding hydrogens is 288 g/mol. The highest BCUT2D eigenvalue weighted by molar-refractivity contribution is 5.64. The Morgan fingerprint density at radius 1 is 0.708 bits per heavy atom. The van der Waals surface area contributed by atoms with Crippen molar-refractivity contribution in [1.82, 2.24) is 0 Å². The Kier molecular flexibility index (Phi) is 6.37. The quantitative estimate of drug-likeness (QED) is 0.442. The van der Waals surface area contributed by atoms with Crippen LogP contribution in [0, 0.1) is 0 Å². The molecule has 0 N–H and O–H groups in total. The van der Waals surface area contributed by atoms with Crippen molar-refractivity contribution in [3.05, 3.63) is 97.6 Å². The lowest BCUT2D eigenvalue weighted by Crippen LogP contribution is -2.24. The maximum absolute atomic E-state index is 3.95. The summed E-state index contributed by atoms with van der Waals surface area (Å²) in [7, 11) is 0. The van der Waals surface area contributed by atoms with Gasteiger partial charge in [-0.05, 0) is 47.9 Å². The lowest BCUT2D eigenvalue weighted by molar-refractivity contribution is 0.442. The van der Waals surface area contributed by atoms with Gasteiger partial charge in [0.2, 0.25) is 0 Å². The van der Waals surface area contributed by atoms with Gasteiger partial charge in [0.05, 0.1) is 0 Å². The Morgan fingerprint density at radius 3 is 1.50 bits per heavy atom. The molecule has 2 aromatic carbocycles. The Bertz CT molecular complexity index is 644. The minimum absolute atomic E-state index is 0.0237. The van der Waals surface area contributed by atoms with Gasteiger partial charge in [0.15, 0.2) is 0 Å². The molecule has 2 aromatic rings. The summed E-state index contributed by atoms with van der Waals surface area (Å²) < 4.78 is 0. The second-order valence-corrected chi connectivity index (χ2v) is 6.39. The minimum Gasteiger partial charge on any atom is -0.103 e. The van der Waals surface area contributed by atoms with Crippen LogP contribution < -0.4 is 0 Å².